The molecule has 8 heteroatoms. The van der Waals surface area contributed by atoms with Gasteiger partial charge in [-0.05, 0) is 67.3 Å². The second kappa shape index (κ2) is 10.6. The fourth-order valence-electron chi connectivity index (χ4n) is 4.01. The molecule has 1 aliphatic rings. The van der Waals surface area contributed by atoms with Crippen LogP contribution < -0.4 is 19.1 Å². The number of nitrogens with one attached hydrogen (secondary N) is 1. The maximum Gasteiger partial charge on any atom is 0.264 e. The molecule has 0 saturated carbocycles. The van der Waals surface area contributed by atoms with E-state index in [0.29, 0.717) is 36.3 Å². The molecule has 0 aromatic heterocycles. The molecule has 0 fully saturated rings. The van der Waals surface area contributed by atoms with Crippen molar-refractivity contribution in [1.82, 2.24) is 5.32 Å². The molecule has 1 aliphatic heterocycles. The Labute approximate surface area is 213 Å². The van der Waals surface area contributed by atoms with Gasteiger partial charge < -0.3 is 14.8 Å². The third-order valence-electron chi connectivity index (χ3n) is 6.19. The predicted molar refractivity (Wildman–Crippen MR) is 140 cm³/mol. The minimum absolute atomic E-state index is 0.133. The number of carbonyl (C=O) groups is 1. The van der Waals surface area contributed by atoms with Crippen molar-refractivity contribution >= 4 is 21.6 Å². The number of ether oxygens (including phenoxy) is 2. The highest BCUT2D eigenvalue weighted by atomic mass is 32.2. The summed E-state index contributed by atoms with van der Waals surface area (Å²) >= 11 is 0. The number of rotatable bonds is 8. The van der Waals surface area contributed by atoms with Crippen molar-refractivity contribution in [3.8, 4) is 11.5 Å². The van der Waals surface area contributed by atoms with Crippen LogP contribution in [0.15, 0.2) is 71.6 Å². The third kappa shape index (κ3) is 5.65. The first-order chi connectivity index (χ1) is 17.1. The Bertz CT molecular complexity index is 1320. The van der Waals surface area contributed by atoms with Gasteiger partial charge in [-0.3, -0.25) is 9.10 Å². The molecule has 0 unspecified atom stereocenters. The van der Waals surface area contributed by atoms with Gasteiger partial charge in [0, 0.05) is 0 Å². The molecule has 7 nitrogen and oxygen atoms in total. The lowest BCUT2D eigenvalue weighted by Gasteiger charge is -2.26. The molecule has 0 radical (unpaired) electrons. The summed E-state index contributed by atoms with van der Waals surface area (Å²) in [6.07, 6.45) is 0. The molecule has 1 heterocycles. The number of hydrogen-bond acceptors (Lipinski definition) is 5. The molecule has 3 aromatic carbocycles. The second-order valence-corrected chi connectivity index (χ2v) is 11.1. The fourth-order valence-corrected chi connectivity index (χ4v) is 5.43. The number of amides is 1. The summed E-state index contributed by atoms with van der Waals surface area (Å²) in [5, 5.41) is 2.92. The van der Waals surface area contributed by atoms with Crippen molar-refractivity contribution in [3.63, 3.8) is 0 Å². The average Bonchev–Trinajstić information content (AvgIpc) is 2.87. The molecule has 0 saturated heterocycles. The van der Waals surface area contributed by atoms with E-state index in [0.717, 1.165) is 21.0 Å². The van der Waals surface area contributed by atoms with Gasteiger partial charge in [-0.15, -0.1) is 0 Å². The van der Waals surface area contributed by atoms with E-state index < -0.39 is 15.9 Å². The van der Waals surface area contributed by atoms with Crippen LogP contribution in [0.2, 0.25) is 0 Å². The number of fused-ring (bicyclic) bond motifs is 1. The van der Waals surface area contributed by atoms with Gasteiger partial charge in [0.25, 0.3) is 10.0 Å². The first-order valence-corrected chi connectivity index (χ1v) is 13.5. The first kappa shape index (κ1) is 25.6. The monoisotopic (exact) mass is 508 g/mol. The summed E-state index contributed by atoms with van der Waals surface area (Å²) in [6.45, 7) is 8.50. The van der Waals surface area contributed by atoms with E-state index in [2.05, 4.69) is 19.2 Å². The fraction of sp³-hybridized carbons (Fsp3) is 0.321. The van der Waals surface area contributed by atoms with Crippen molar-refractivity contribution in [2.75, 3.05) is 24.1 Å². The summed E-state index contributed by atoms with van der Waals surface area (Å²) in [4.78, 5) is 13.3. The largest absolute Gasteiger partial charge is 0.486 e. The maximum absolute atomic E-state index is 13.6. The summed E-state index contributed by atoms with van der Waals surface area (Å²) in [5.74, 6) is 1.19. The quantitative estimate of drug-likeness (QED) is 0.465. The van der Waals surface area contributed by atoms with Crippen LogP contribution >= 0.6 is 0 Å². The van der Waals surface area contributed by atoms with E-state index in [1.54, 1.807) is 36.4 Å². The predicted octanol–water partition coefficient (Wildman–Crippen LogP) is 4.96. The van der Waals surface area contributed by atoms with Crippen LogP contribution in [0.25, 0.3) is 0 Å². The van der Waals surface area contributed by atoms with Crippen molar-refractivity contribution < 1.29 is 22.7 Å². The highest BCUT2D eigenvalue weighted by Crippen LogP contribution is 2.33. The van der Waals surface area contributed by atoms with Gasteiger partial charge in [-0.25, -0.2) is 8.42 Å². The Morgan fingerprint density at radius 1 is 0.889 bits per heavy atom. The van der Waals surface area contributed by atoms with Gasteiger partial charge in [-0.1, -0.05) is 49.7 Å². The molecule has 3 aromatic rings. The number of benzene rings is 3. The van der Waals surface area contributed by atoms with Crippen LogP contribution in [-0.2, 0) is 14.8 Å². The Kier molecular flexibility index (Phi) is 7.54. The van der Waals surface area contributed by atoms with Crippen LogP contribution in [0.5, 0.6) is 11.5 Å². The van der Waals surface area contributed by atoms with Crippen LogP contribution in [0.3, 0.4) is 0 Å². The first-order valence-electron chi connectivity index (χ1n) is 12.0. The number of anilines is 1. The summed E-state index contributed by atoms with van der Waals surface area (Å²) in [5.41, 5.74) is 3.31. The number of aryl methyl sites for hydroxylation is 1. The van der Waals surface area contributed by atoms with Gasteiger partial charge in [0.15, 0.2) is 11.5 Å². The number of carbonyl (C=O) groups excluding carboxylic acids is 1. The smallest absolute Gasteiger partial charge is 0.264 e. The topological polar surface area (TPSA) is 84.9 Å². The lowest BCUT2D eigenvalue weighted by Crippen LogP contribution is -2.41. The molecule has 1 atom stereocenters. The Balaban J connectivity index is 1.58. The zero-order valence-corrected chi connectivity index (χ0v) is 21.8. The molecule has 0 aliphatic carbocycles. The molecule has 1 amide bonds. The summed E-state index contributed by atoms with van der Waals surface area (Å²) in [6, 6.07) is 19.1. The van der Waals surface area contributed by atoms with Gasteiger partial charge in [0.2, 0.25) is 5.91 Å². The minimum Gasteiger partial charge on any atom is -0.486 e. The lowest BCUT2D eigenvalue weighted by atomic mass is 10.0. The van der Waals surface area contributed by atoms with Crippen molar-refractivity contribution in [2.45, 2.75) is 44.6 Å². The van der Waals surface area contributed by atoms with E-state index >= 15 is 0 Å². The third-order valence-corrected chi connectivity index (χ3v) is 7.98. The Morgan fingerprint density at radius 3 is 2.14 bits per heavy atom. The van der Waals surface area contributed by atoms with Crippen molar-refractivity contribution in [2.24, 2.45) is 0 Å². The number of hydrogen-bond donors (Lipinski definition) is 1. The normalized spacial score (nSPS) is 13.8. The molecule has 4 rings (SSSR count). The SMILES string of the molecule is Cc1ccc(S(=O)(=O)N(CC(=O)N[C@H](C)c2ccc3c(c2)OCCO3)c2ccc(C(C)C)cc2)cc1. The van der Waals surface area contributed by atoms with Gasteiger partial charge >= 0.3 is 0 Å². The van der Waals surface area contributed by atoms with E-state index in [-0.39, 0.29) is 17.5 Å². The van der Waals surface area contributed by atoms with Crippen LogP contribution in [0.1, 0.15) is 49.4 Å². The molecular formula is C28H32N2O5S. The number of sulfonamides is 1. The summed E-state index contributed by atoms with van der Waals surface area (Å²) < 4.78 is 39.6. The van der Waals surface area contributed by atoms with E-state index in [9.17, 15) is 13.2 Å². The Hall–Kier alpha value is -3.52. The minimum atomic E-state index is -3.98. The van der Waals surface area contributed by atoms with Crippen LogP contribution in [0, 0.1) is 6.92 Å². The van der Waals surface area contributed by atoms with Gasteiger partial charge in [0.1, 0.15) is 19.8 Å². The zero-order chi connectivity index (χ0) is 25.9. The molecular weight excluding hydrogens is 476 g/mol. The maximum atomic E-state index is 13.6. The molecule has 36 heavy (non-hydrogen) atoms. The molecule has 190 valence electrons. The Morgan fingerprint density at radius 2 is 1.50 bits per heavy atom. The molecule has 0 bridgehead atoms. The lowest BCUT2D eigenvalue weighted by molar-refractivity contribution is -0.120. The highest BCUT2D eigenvalue weighted by Gasteiger charge is 2.28. The number of nitrogens with zero attached hydrogens (tertiary/aromatic N) is 1. The second-order valence-electron chi connectivity index (χ2n) is 9.26. The molecule has 0 spiro atoms. The van der Waals surface area contributed by atoms with Crippen LogP contribution in [0.4, 0.5) is 5.69 Å². The summed E-state index contributed by atoms with van der Waals surface area (Å²) in [7, 11) is -3.98. The van der Waals surface area contributed by atoms with Gasteiger partial charge in [0.05, 0.1) is 16.6 Å². The van der Waals surface area contributed by atoms with E-state index in [4.69, 9.17) is 9.47 Å². The standard InChI is InChI=1S/C28H32N2O5S/c1-19(2)22-7-10-24(11-8-22)30(36(32,33)25-12-5-20(3)6-13-25)18-28(31)29-21(4)23-9-14-26-27(17-23)35-16-15-34-26/h5-14,17,19,21H,15-16,18H2,1-4H3,(H,29,31)/t21-/m1/s1. The van der Waals surface area contributed by atoms with Crippen molar-refractivity contribution in [3.05, 3.63) is 83.4 Å². The van der Waals surface area contributed by atoms with Crippen molar-refractivity contribution in [1.29, 1.82) is 0 Å². The molecule has 1 N–H and O–H groups in total. The van der Waals surface area contributed by atoms with Gasteiger partial charge in [-0.2, -0.15) is 0 Å². The van der Waals surface area contributed by atoms with E-state index in [1.807, 2.05) is 44.2 Å². The average molecular weight is 509 g/mol. The van der Waals surface area contributed by atoms with E-state index in [1.165, 1.54) is 0 Å². The van der Waals surface area contributed by atoms with Crippen LogP contribution in [-0.4, -0.2) is 34.1 Å². The highest BCUT2D eigenvalue weighted by molar-refractivity contribution is 7.92. The zero-order valence-electron chi connectivity index (χ0n) is 21.0.